The minimum atomic E-state index is 0.261. The van der Waals surface area contributed by atoms with Crippen molar-refractivity contribution in [3.05, 3.63) is 35.4 Å². The van der Waals surface area contributed by atoms with E-state index in [-0.39, 0.29) is 5.91 Å². The SMILES string of the molecule is Cc1cccc(CCC(=O)N(CCN)C2CCC2)c1. The van der Waals surface area contributed by atoms with Crippen molar-refractivity contribution < 1.29 is 4.79 Å². The molecule has 0 aromatic heterocycles. The molecule has 104 valence electrons. The number of benzene rings is 1. The second-order valence-corrected chi connectivity index (χ2v) is 5.45. The molecule has 1 amide bonds. The zero-order chi connectivity index (χ0) is 13.7. The van der Waals surface area contributed by atoms with Crippen LogP contribution in [0.25, 0.3) is 0 Å². The zero-order valence-electron chi connectivity index (χ0n) is 11.8. The van der Waals surface area contributed by atoms with Crippen molar-refractivity contribution in [2.45, 2.75) is 45.1 Å². The maximum absolute atomic E-state index is 12.3. The van der Waals surface area contributed by atoms with Gasteiger partial charge in [0.25, 0.3) is 0 Å². The molecular formula is C16H24N2O. The van der Waals surface area contributed by atoms with Crippen LogP contribution in [0.5, 0.6) is 0 Å². The normalized spacial score (nSPS) is 15.1. The Hall–Kier alpha value is -1.35. The van der Waals surface area contributed by atoms with Gasteiger partial charge in [-0.05, 0) is 38.2 Å². The van der Waals surface area contributed by atoms with Gasteiger partial charge in [-0.1, -0.05) is 29.8 Å². The summed E-state index contributed by atoms with van der Waals surface area (Å²) in [5, 5.41) is 0. The van der Waals surface area contributed by atoms with Crippen molar-refractivity contribution in [2.75, 3.05) is 13.1 Å². The molecule has 3 nitrogen and oxygen atoms in total. The minimum absolute atomic E-state index is 0.261. The molecule has 0 heterocycles. The minimum Gasteiger partial charge on any atom is -0.338 e. The van der Waals surface area contributed by atoms with E-state index in [1.807, 2.05) is 4.90 Å². The van der Waals surface area contributed by atoms with Crippen LogP contribution < -0.4 is 5.73 Å². The Bertz CT molecular complexity index is 427. The standard InChI is InChI=1S/C16H24N2O/c1-13-4-2-5-14(12-13)8-9-16(19)18(11-10-17)15-6-3-7-15/h2,4-5,12,15H,3,6-11,17H2,1H3. The average Bonchev–Trinajstić information content (AvgIpc) is 2.33. The highest BCUT2D eigenvalue weighted by Gasteiger charge is 2.27. The fourth-order valence-corrected chi connectivity index (χ4v) is 2.61. The second kappa shape index (κ2) is 6.71. The van der Waals surface area contributed by atoms with E-state index in [1.165, 1.54) is 17.5 Å². The number of carbonyl (C=O) groups is 1. The third-order valence-corrected chi connectivity index (χ3v) is 3.92. The van der Waals surface area contributed by atoms with Crippen molar-refractivity contribution in [2.24, 2.45) is 5.73 Å². The first-order valence-corrected chi connectivity index (χ1v) is 7.26. The fourth-order valence-electron chi connectivity index (χ4n) is 2.61. The van der Waals surface area contributed by atoms with Gasteiger partial charge in [0.1, 0.15) is 0 Å². The Morgan fingerprint density at radius 3 is 2.79 bits per heavy atom. The molecule has 0 atom stereocenters. The highest BCUT2D eigenvalue weighted by molar-refractivity contribution is 5.77. The Labute approximate surface area is 115 Å². The predicted octanol–water partition coefficient (Wildman–Crippen LogP) is 2.27. The molecule has 0 aliphatic heterocycles. The summed E-state index contributed by atoms with van der Waals surface area (Å²) in [7, 11) is 0. The van der Waals surface area contributed by atoms with E-state index in [2.05, 4.69) is 31.2 Å². The first-order chi connectivity index (χ1) is 9.20. The average molecular weight is 260 g/mol. The van der Waals surface area contributed by atoms with E-state index in [9.17, 15) is 4.79 Å². The topological polar surface area (TPSA) is 46.3 Å². The molecule has 0 saturated heterocycles. The van der Waals surface area contributed by atoms with E-state index in [1.54, 1.807) is 0 Å². The van der Waals surface area contributed by atoms with Gasteiger partial charge in [-0.15, -0.1) is 0 Å². The maximum Gasteiger partial charge on any atom is 0.223 e. The molecule has 3 heteroatoms. The second-order valence-electron chi connectivity index (χ2n) is 5.45. The fraction of sp³-hybridized carbons (Fsp3) is 0.562. The van der Waals surface area contributed by atoms with E-state index in [0.717, 1.165) is 19.3 Å². The lowest BCUT2D eigenvalue weighted by Gasteiger charge is -2.37. The van der Waals surface area contributed by atoms with Crippen LogP contribution in [0.2, 0.25) is 0 Å². The van der Waals surface area contributed by atoms with Crippen LogP contribution in [0.15, 0.2) is 24.3 Å². The smallest absolute Gasteiger partial charge is 0.223 e. The van der Waals surface area contributed by atoms with Gasteiger partial charge in [-0.3, -0.25) is 4.79 Å². The van der Waals surface area contributed by atoms with E-state index in [4.69, 9.17) is 5.73 Å². The molecular weight excluding hydrogens is 236 g/mol. The van der Waals surface area contributed by atoms with Crippen LogP contribution in [0.3, 0.4) is 0 Å². The quantitative estimate of drug-likeness (QED) is 0.853. The summed E-state index contributed by atoms with van der Waals surface area (Å²) in [6.45, 7) is 3.35. The summed E-state index contributed by atoms with van der Waals surface area (Å²) < 4.78 is 0. The van der Waals surface area contributed by atoms with Crippen LogP contribution in [0.1, 0.15) is 36.8 Å². The molecule has 1 aliphatic rings. The number of nitrogens with zero attached hydrogens (tertiary/aromatic N) is 1. The Morgan fingerprint density at radius 2 is 2.21 bits per heavy atom. The van der Waals surface area contributed by atoms with Crippen molar-refractivity contribution in [3.8, 4) is 0 Å². The number of nitrogens with two attached hydrogens (primary N) is 1. The molecule has 2 rings (SSSR count). The van der Waals surface area contributed by atoms with Crippen molar-refractivity contribution >= 4 is 5.91 Å². The Kier molecular flexibility index (Phi) is 4.97. The summed E-state index contributed by atoms with van der Waals surface area (Å²) in [6, 6.07) is 8.84. The molecule has 0 bridgehead atoms. The van der Waals surface area contributed by atoms with Crippen LogP contribution >= 0.6 is 0 Å². The van der Waals surface area contributed by atoms with Gasteiger partial charge >= 0.3 is 0 Å². The molecule has 1 aromatic rings. The van der Waals surface area contributed by atoms with Gasteiger partial charge in [0.05, 0.1) is 0 Å². The van der Waals surface area contributed by atoms with E-state index >= 15 is 0 Å². The molecule has 1 fully saturated rings. The number of amides is 1. The van der Waals surface area contributed by atoms with Crippen LogP contribution in [0, 0.1) is 6.92 Å². The van der Waals surface area contributed by atoms with Crippen LogP contribution in [-0.4, -0.2) is 29.9 Å². The Balaban J connectivity index is 1.88. The van der Waals surface area contributed by atoms with Gasteiger partial charge in [-0.25, -0.2) is 0 Å². The van der Waals surface area contributed by atoms with Gasteiger partial charge in [0.2, 0.25) is 5.91 Å². The summed E-state index contributed by atoms with van der Waals surface area (Å²) >= 11 is 0. The van der Waals surface area contributed by atoms with Gasteiger partial charge in [0.15, 0.2) is 0 Å². The first-order valence-electron chi connectivity index (χ1n) is 7.26. The lowest BCUT2D eigenvalue weighted by atomic mass is 9.91. The van der Waals surface area contributed by atoms with E-state index < -0.39 is 0 Å². The monoisotopic (exact) mass is 260 g/mol. The van der Waals surface area contributed by atoms with Crippen LogP contribution in [-0.2, 0) is 11.2 Å². The van der Waals surface area contributed by atoms with Crippen molar-refractivity contribution in [1.82, 2.24) is 4.90 Å². The van der Waals surface area contributed by atoms with Crippen molar-refractivity contribution in [3.63, 3.8) is 0 Å². The van der Waals surface area contributed by atoms with Gasteiger partial charge in [-0.2, -0.15) is 0 Å². The Morgan fingerprint density at radius 1 is 1.42 bits per heavy atom. The maximum atomic E-state index is 12.3. The lowest BCUT2D eigenvalue weighted by Crippen LogP contribution is -2.46. The number of rotatable bonds is 6. The molecule has 2 N–H and O–H groups in total. The molecule has 19 heavy (non-hydrogen) atoms. The lowest BCUT2D eigenvalue weighted by molar-refractivity contribution is -0.135. The number of aryl methyl sites for hydroxylation is 2. The van der Waals surface area contributed by atoms with Crippen molar-refractivity contribution in [1.29, 1.82) is 0 Å². The number of carbonyl (C=O) groups excluding carboxylic acids is 1. The zero-order valence-corrected chi connectivity index (χ0v) is 11.8. The highest BCUT2D eigenvalue weighted by atomic mass is 16.2. The van der Waals surface area contributed by atoms with Gasteiger partial charge < -0.3 is 10.6 Å². The predicted molar refractivity (Wildman–Crippen MR) is 77.9 cm³/mol. The van der Waals surface area contributed by atoms with Crippen LogP contribution in [0.4, 0.5) is 0 Å². The summed E-state index contributed by atoms with van der Waals surface area (Å²) in [4.78, 5) is 14.3. The molecule has 0 unspecified atom stereocenters. The number of hydrogen-bond donors (Lipinski definition) is 1. The third-order valence-electron chi connectivity index (χ3n) is 3.92. The third kappa shape index (κ3) is 3.80. The molecule has 0 spiro atoms. The van der Waals surface area contributed by atoms with Gasteiger partial charge in [0, 0.05) is 25.6 Å². The summed E-state index contributed by atoms with van der Waals surface area (Å²) in [5.74, 6) is 0.261. The number of hydrogen-bond acceptors (Lipinski definition) is 2. The molecule has 1 saturated carbocycles. The summed E-state index contributed by atoms with van der Waals surface area (Å²) in [5.41, 5.74) is 8.11. The highest BCUT2D eigenvalue weighted by Crippen LogP contribution is 2.25. The first kappa shape index (κ1) is 14.1. The van der Waals surface area contributed by atoms with E-state index in [0.29, 0.717) is 25.6 Å². The molecule has 1 aromatic carbocycles. The molecule has 1 aliphatic carbocycles. The molecule has 0 radical (unpaired) electrons. The summed E-state index contributed by atoms with van der Waals surface area (Å²) in [6.07, 6.45) is 4.97. The largest absolute Gasteiger partial charge is 0.338 e.